The average molecular weight is 431 g/mol. The van der Waals surface area contributed by atoms with Gasteiger partial charge in [0.2, 0.25) is 5.95 Å². The van der Waals surface area contributed by atoms with Crippen molar-refractivity contribution in [1.29, 1.82) is 0 Å². The van der Waals surface area contributed by atoms with E-state index in [0.717, 1.165) is 16.8 Å². The highest BCUT2D eigenvalue weighted by molar-refractivity contribution is 6.27. The van der Waals surface area contributed by atoms with Crippen molar-refractivity contribution in [2.45, 2.75) is 13.1 Å². The molecule has 10 heteroatoms. The van der Waals surface area contributed by atoms with Gasteiger partial charge >= 0.3 is 11.9 Å². The van der Waals surface area contributed by atoms with E-state index in [-0.39, 0.29) is 11.6 Å². The van der Waals surface area contributed by atoms with Crippen molar-refractivity contribution in [3.63, 3.8) is 0 Å². The molecule has 0 bridgehead atoms. The Balaban J connectivity index is 0.000000501. The molecule has 0 aliphatic carbocycles. The zero-order valence-corrected chi connectivity index (χ0v) is 16.7. The summed E-state index contributed by atoms with van der Waals surface area (Å²) < 4.78 is 20.3. The number of nitrogens with zero attached hydrogens (tertiary/aromatic N) is 2. The molecule has 0 radical (unpaired) electrons. The van der Waals surface area contributed by atoms with Crippen LogP contribution in [0.5, 0.6) is 5.75 Å². The number of aliphatic carboxylic acids is 2. The third-order valence-corrected chi connectivity index (χ3v) is 4.13. The molecule has 0 atom stereocenters. The molecule has 0 saturated heterocycles. The second kappa shape index (κ2) is 11.3. The molecule has 3 rings (SSSR count). The summed E-state index contributed by atoms with van der Waals surface area (Å²) in [6.07, 6.45) is 1.75. The molecule has 164 valence electrons. The van der Waals surface area contributed by atoms with Crippen LogP contribution in [0.15, 0.2) is 54.7 Å². The van der Waals surface area contributed by atoms with Crippen LogP contribution < -0.4 is 5.32 Å². The van der Waals surface area contributed by atoms with Crippen molar-refractivity contribution in [2.75, 3.05) is 19.0 Å². The number of anilines is 1. The number of aromatic nitrogens is 2. The van der Waals surface area contributed by atoms with Gasteiger partial charge in [-0.05, 0) is 30.3 Å². The van der Waals surface area contributed by atoms with E-state index in [1.807, 2.05) is 16.7 Å². The average Bonchev–Trinajstić information content (AvgIpc) is 3.15. The summed E-state index contributed by atoms with van der Waals surface area (Å²) in [5.41, 5.74) is 2.53. The van der Waals surface area contributed by atoms with Crippen molar-refractivity contribution >= 4 is 17.9 Å². The molecule has 4 N–H and O–H groups in total. The van der Waals surface area contributed by atoms with Crippen molar-refractivity contribution in [1.82, 2.24) is 9.55 Å². The zero-order chi connectivity index (χ0) is 22.8. The number of halogens is 1. The molecular formula is C21H22FN3O6. The van der Waals surface area contributed by atoms with E-state index < -0.39 is 11.9 Å². The first-order chi connectivity index (χ1) is 14.8. The predicted octanol–water partition coefficient (Wildman–Crippen LogP) is 2.81. The highest BCUT2D eigenvalue weighted by Crippen LogP contribution is 2.24. The van der Waals surface area contributed by atoms with Crippen molar-refractivity contribution in [2.24, 2.45) is 0 Å². The number of rotatable bonds is 7. The van der Waals surface area contributed by atoms with Crippen molar-refractivity contribution in [3.05, 3.63) is 66.1 Å². The van der Waals surface area contributed by atoms with Crippen LogP contribution in [0.2, 0.25) is 0 Å². The number of methoxy groups -OCH3 is 1. The molecule has 0 unspecified atom stereocenters. The number of hydrogen-bond donors (Lipinski definition) is 4. The minimum atomic E-state index is -1.82. The maximum atomic E-state index is 13.2. The van der Waals surface area contributed by atoms with Crippen LogP contribution in [0.4, 0.5) is 10.3 Å². The molecule has 1 heterocycles. The van der Waals surface area contributed by atoms with Crippen LogP contribution in [0.3, 0.4) is 0 Å². The molecule has 0 spiro atoms. The number of ether oxygens (including phenoxy) is 1. The van der Waals surface area contributed by atoms with Crippen LogP contribution in [-0.4, -0.2) is 50.5 Å². The van der Waals surface area contributed by atoms with E-state index in [9.17, 15) is 9.50 Å². The summed E-state index contributed by atoms with van der Waals surface area (Å²) in [4.78, 5) is 22.6. The van der Waals surface area contributed by atoms with E-state index in [4.69, 9.17) is 24.5 Å². The maximum absolute atomic E-state index is 13.2. The summed E-state index contributed by atoms with van der Waals surface area (Å²) in [6.45, 7) is 1.57. The number of phenolic OH excluding ortho intramolecular Hbond substituents is 1. The van der Waals surface area contributed by atoms with Gasteiger partial charge in [0.1, 0.15) is 11.6 Å². The first-order valence-corrected chi connectivity index (χ1v) is 9.10. The number of nitrogens with one attached hydrogen (secondary N) is 1. The van der Waals surface area contributed by atoms with E-state index in [1.54, 1.807) is 37.6 Å². The Bertz CT molecular complexity index is 1010. The highest BCUT2D eigenvalue weighted by Gasteiger charge is 2.12. The van der Waals surface area contributed by atoms with Gasteiger partial charge in [0, 0.05) is 31.3 Å². The van der Waals surface area contributed by atoms with Crippen LogP contribution in [-0.2, 0) is 27.4 Å². The van der Waals surface area contributed by atoms with E-state index in [1.165, 1.54) is 12.1 Å². The Morgan fingerprint density at radius 3 is 2.32 bits per heavy atom. The van der Waals surface area contributed by atoms with Crippen molar-refractivity contribution < 1.29 is 34.0 Å². The number of imidazole rings is 1. The van der Waals surface area contributed by atoms with Gasteiger partial charge in [0.05, 0.1) is 18.5 Å². The van der Waals surface area contributed by atoms with Gasteiger partial charge in [-0.15, -0.1) is 0 Å². The fourth-order valence-corrected chi connectivity index (χ4v) is 2.61. The van der Waals surface area contributed by atoms with Gasteiger partial charge in [0.25, 0.3) is 0 Å². The number of carboxylic acids is 2. The summed E-state index contributed by atoms with van der Waals surface area (Å²) in [6, 6.07) is 13.5. The van der Waals surface area contributed by atoms with E-state index in [2.05, 4.69) is 10.3 Å². The monoisotopic (exact) mass is 431 g/mol. The van der Waals surface area contributed by atoms with Gasteiger partial charge in [-0.3, -0.25) is 0 Å². The lowest BCUT2D eigenvalue weighted by atomic mass is 10.1. The van der Waals surface area contributed by atoms with Gasteiger partial charge in [0.15, 0.2) is 0 Å². The first kappa shape index (κ1) is 23.4. The van der Waals surface area contributed by atoms with E-state index in [0.29, 0.717) is 25.6 Å². The van der Waals surface area contributed by atoms with Crippen LogP contribution in [0.25, 0.3) is 11.3 Å². The number of phenols is 1. The molecule has 9 nitrogen and oxygen atoms in total. The quantitative estimate of drug-likeness (QED) is 0.420. The van der Waals surface area contributed by atoms with Gasteiger partial charge in [-0.1, -0.05) is 18.2 Å². The van der Waals surface area contributed by atoms with E-state index >= 15 is 0 Å². The van der Waals surface area contributed by atoms with Crippen LogP contribution >= 0.6 is 0 Å². The molecule has 0 aliphatic heterocycles. The third-order valence-electron chi connectivity index (χ3n) is 4.13. The molecule has 1 aromatic heterocycles. The Labute approximate surface area is 177 Å². The second-order valence-corrected chi connectivity index (χ2v) is 6.21. The van der Waals surface area contributed by atoms with Crippen molar-refractivity contribution in [3.8, 4) is 17.0 Å². The molecule has 3 aromatic rings. The summed E-state index contributed by atoms with van der Waals surface area (Å²) >= 11 is 0. The van der Waals surface area contributed by atoms with Gasteiger partial charge < -0.3 is 29.9 Å². The lowest BCUT2D eigenvalue weighted by Gasteiger charge is -2.13. The zero-order valence-electron chi connectivity index (χ0n) is 16.7. The smallest absolute Gasteiger partial charge is 0.414 e. The highest BCUT2D eigenvalue weighted by atomic mass is 19.1. The molecule has 31 heavy (non-hydrogen) atoms. The SMILES string of the molecule is COCCn1c(-c2ccc(F)cc2)cnc1NCc1ccccc1O.O=C(O)C(=O)O. The molecule has 0 aliphatic rings. The molecule has 0 amide bonds. The van der Waals surface area contributed by atoms with Crippen LogP contribution in [0.1, 0.15) is 5.56 Å². The number of aromatic hydroxyl groups is 1. The minimum Gasteiger partial charge on any atom is -0.508 e. The Morgan fingerprint density at radius 1 is 1.10 bits per heavy atom. The second-order valence-electron chi connectivity index (χ2n) is 6.21. The molecule has 2 aromatic carbocycles. The maximum Gasteiger partial charge on any atom is 0.414 e. The number of hydrogen-bond acceptors (Lipinski definition) is 6. The lowest BCUT2D eigenvalue weighted by molar-refractivity contribution is -0.159. The lowest BCUT2D eigenvalue weighted by Crippen LogP contribution is -2.11. The van der Waals surface area contributed by atoms with Crippen LogP contribution in [0, 0.1) is 5.82 Å². The largest absolute Gasteiger partial charge is 0.508 e. The topological polar surface area (TPSA) is 134 Å². The minimum absolute atomic E-state index is 0.240. The molecule has 0 fully saturated rings. The fraction of sp³-hybridized carbons (Fsp3) is 0.190. The molecule has 0 saturated carbocycles. The number of carbonyl (C=O) groups is 2. The summed E-state index contributed by atoms with van der Waals surface area (Å²) in [5.74, 6) is -3.02. The molecular weight excluding hydrogens is 409 g/mol. The Morgan fingerprint density at radius 2 is 1.74 bits per heavy atom. The number of benzene rings is 2. The summed E-state index contributed by atoms with van der Waals surface area (Å²) in [5, 5.41) is 27.9. The standard InChI is InChI=1S/C19H20FN3O2.C2H2O4/c1-25-11-10-23-17(14-6-8-16(20)9-7-14)13-22-19(23)21-12-15-4-2-3-5-18(15)24;3-1(4)2(5)6/h2-9,13,24H,10-12H2,1H3,(H,21,22);(H,3,4)(H,5,6). The first-order valence-electron chi connectivity index (χ1n) is 9.10. The Kier molecular flexibility index (Phi) is 8.52. The fourth-order valence-electron chi connectivity index (χ4n) is 2.61. The van der Waals surface area contributed by atoms with Gasteiger partial charge in [-0.2, -0.15) is 0 Å². The summed E-state index contributed by atoms with van der Waals surface area (Å²) in [7, 11) is 1.64. The number of carboxylic acid groups (broad SMARTS) is 2. The number of para-hydroxylation sites is 1. The predicted molar refractivity (Wildman–Crippen MR) is 110 cm³/mol. The normalized spacial score (nSPS) is 10.1. The third kappa shape index (κ3) is 6.82. The Hall–Kier alpha value is -3.92. The van der Waals surface area contributed by atoms with Gasteiger partial charge in [-0.25, -0.2) is 19.0 Å².